The molecule has 0 aromatic heterocycles. The highest BCUT2D eigenvalue weighted by Crippen LogP contribution is 2.46. The predicted octanol–water partition coefficient (Wildman–Crippen LogP) is 4.97. The summed E-state index contributed by atoms with van der Waals surface area (Å²) in [5, 5.41) is 9.76. The highest BCUT2D eigenvalue weighted by atomic mass is 19.1. The summed E-state index contributed by atoms with van der Waals surface area (Å²) in [5.74, 6) is 0.827. The normalized spacial score (nSPS) is 26.8. The maximum absolute atomic E-state index is 14.8. The van der Waals surface area contributed by atoms with Crippen molar-refractivity contribution >= 4 is 11.6 Å². The Hall–Kier alpha value is -2.14. The minimum Gasteiger partial charge on any atom is -0.493 e. The first-order valence-electron chi connectivity index (χ1n) is 10.5. The van der Waals surface area contributed by atoms with Gasteiger partial charge in [0.05, 0.1) is 18.1 Å². The van der Waals surface area contributed by atoms with Crippen molar-refractivity contribution in [2.75, 3.05) is 18.1 Å². The number of alkyl halides is 1. The molecule has 1 saturated carbocycles. The van der Waals surface area contributed by atoms with Gasteiger partial charge in [-0.2, -0.15) is 0 Å². The molecule has 1 aromatic rings. The molecule has 1 saturated heterocycles. The summed E-state index contributed by atoms with van der Waals surface area (Å²) in [7, 11) is 0. The van der Waals surface area contributed by atoms with Gasteiger partial charge in [0.1, 0.15) is 5.75 Å². The average molecular weight is 402 g/mol. The zero-order valence-electron chi connectivity index (χ0n) is 17.5. The molecule has 4 nitrogen and oxygen atoms in total. The number of aliphatic hydroxyl groups excluding tert-OH is 1. The zero-order chi connectivity index (χ0) is 21.1. The minimum atomic E-state index is -1.56. The molecule has 5 heteroatoms. The summed E-state index contributed by atoms with van der Waals surface area (Å²) in [6, 6.07) is 7.43. The Morgan fingerprint density at radius 3 is 2.59 bits per heavy atom. The number of amides is 1. The number of rotatable bonds is 7. The topological polar surface area (TPSA) is 49.8 Å². The lowest BCUT2D eigenvalue weighted by atomic mass is 9.72. The van der Waals surface area contributed by atoms with E-state index in [1.165, 1.54) is 6.08 Å². The number of allylic oxidation sites excluding steroid dienone is 3. The van der Waals surface area contributed by atoms with Crippen LogP contribution < -0.4 is 9.64 Å². The molecule has 1 spiro atoms. The number of hydrogen-bond acceptors (Lipinski definition) is 3. The van der Waals surface area contributed by atoms with E-state index >= 15 is 0 Å². The van der Waals surface area contributed by atoms with E-state index in [0.717, 1.165) is 24.9 Å². The van der Waals surface area contributed by atoms with Crippen molar-refractivity contribution in [2.24, 2.45) is 5.41 Å². The predicted molar refractivity (Wildman–Crippen MR) is 114 cm³/mol. The molecule has 1 aliphatic heterocycles. The van der Waals surface area contributed by atoms with Gasteiger partial charge in [0.25, 0.3) is 0 Å². The number of anilines is 1. The van der Waals surface area contributed by atoms with Crippen LogP contribution in [0.2, 0.25) is 0 Å². The quantitative estimate of drug-likeness (QED) is 0.656. The number of hydrogen-bond donors (Lipinski definition) is 1. The van der Waals surface area contributed by atoms with Crippen molar-refractivity contribution in [3.8, 4) is 5.75 Å². The first-order chi connectivity index (χ1) is 13.8. The second kappa shape index (κ2) is 8.70. The number of benzene rings is 1. The van der Waals surface area contributed by atoms with Crippen LogP contribution in [0.15, 0.2) is 48.6 Å². The van der Waals surface area contributed by atoms with E-state index in [2.05, 4.69) is 6.58 Å². The van der Waals surface area contributed by atoms with E-state index in [0.29, 0.717) is 30.7 Å². The lowest BCUT2D eigenvalue weighted by Crippen LogP contribution is -2.38. The summed E-state index contributed by atoms with van der Waals surface area (Å²) < 4.78 is 20.5. The zero-order valence-corrected chi connectivity index (χ0v) is 17.5. The van der Waals surface area contributed by atoms with Crippen molar-refractivity contribution < 1.29 is 19.0 Å². The van der Waals surface area contributed by atoms with Crippen LogP contribution in [-0.2, 0) is 4.79 Å². The molecule has 0 radical (unpaired) electrons. The third-order valence-electron chi connectivity index (χ3n) is 6.45. The third-order valence-corrected chi connectivity index (χ3v) is 6.45. The lowest BCUT2D eigenvalue weighted by Gasteiger charge is -2.33. The summed E-state index contributed by atoms with van der Waals surface area (Å²) >= 11 is 0. The number of carbonyl (C=O) groups is 1. The number of nitrogens with zero attached hydrogens (tertiary/aromatic N) is 1. The Morgan fingerprint density at radius 1 is 1.34 bits per heavy atom. The Labute approximate surface area is 173 Å². The van der Waals surface area contributed by atoms with Crippen LogP contribution in [0.5, 0.6) is 5.75 Å². The summed E-state index contributed by atoms with van der Waals surface area (Å²) in [5.41, 5.74) is -0.528. The Bertz CT molecular complexity index is 765. The van der Waals surface area contributed by atoms with Crippen LogP contribution in [0.3, 0.4) is 0 Å². The van der Waals surface area contributed by atoms with Crippen LogP contribution in [0, 0.1) is 5.41 Å². The average Bonchev–Trinajstić information content (AvgIpc) is 3.01. The van der Waals surface area contributed by atoms with Crippen LogP contribution >= 0.6 is 0 Å². The van der Waals surface area contributed by atoms with Crippen molar-refractivity contribution in [3.63, 3.8) is 0 Å². The number of ether oxygens (including phenoxy) is 1. The van der Waals surface area contributed by atoms with Gasteiger partial charge < -0.3 is 14.7 Å². The van der Waals surface area contributed by atoms with Gasteiger partial charge in [-0.25, -0.2) is 4.39 Å². The van der Waals surface area contributed by atoms with E-state index < -0.39 is 5.67 Å². The molecule has 1 aromatic carbocycles. The van der Waals surface area contributed by atoms with Gasteiger partial charge in [0.2, 0.25) is 5.91 Å². The fourth-order valence-electron chi connectivity index (χ4n) is 4.43. The van der Waals surface area contributed by atoms with Crippen LogP contribution in [0.1, 0.15) is 52.4 Å². The van der Waals surface area contributed by atoms with Gasteiger partial charge in [-0.1, -0.05) is 12.7 Å². The highest BCUT2D eigenvalue weighted by Gasteiger charge is 2.48. The van der Waals surface area contributed by atoms with Crippen LogP contribution in [0.4, 0.5) is 10.1 Å². The van der Waals surface area contributed by atoms with Gasteiger partial charge >= 0.3 is 0 Å². The first kappa shape index (κ1) is 21.6. The van der Waals surface area contributed by atoms with Crippen LogP contribution in [-0.4, -0.2) is 35.9 Å². The molecule has 2 aliphatic rings. The second-order valence-corrected chi connectivity index (χ2v) is 8.45. The van der Waals surface area contributed by atoms with Gasteiger partial charge in [-0.05, 0) is 81.9 Å². The molecule has 2 fully saturated rings. The van der Waals surface area contributed by atoms with E-state index in [-0.39, 0.29) is 30.5 Å². The molecule has 1 amide bonds. The maximum atomic E-state index is 14.8. The second-order valence-electron chi connectivity index (χ2n) is 8.45. The van der Waals surface area contributed by atoms with Crippen molar-refractivity contribution in [1.29, 1.82) is 0 Å². The van der Waals surface area contributed by atoms with Crippen molar-refractivity contribution in [2.45, 2.75) is 64.1 Å². The fraction of sp³-hybridized carbons (Fsp3) is 0.542. The number of carbonyl (C=O) groups excluding carboxylic acids is 1. The Morgan fingerprint density at radius 2 is 2.00 bits per heavy atom. The molecule has 1 atom stereocenters. The summed E-state index contributed by atoms with van der Waals surface area (Å²) in [4.78, 5) is 14.9. The van der Waals surface area contributed by atoms with E-state index in [9.17, 15) is 14.3 Å². The largest absolute Gasteiger partial charge is 0.493 e. The highest BCUT2D eigenvalue weighted by molar-refractivity contribution is 6.00. The van der Waals surface area contributed by atoms with Gasteiger partial charge in [-0.3, -0.25) is 4.79 Å². The number of halogens is 1. The van der Waals surface area contributed by atoms with Gasteiger partial charge in [0, 0.05) is 18.7 Å². The SMILES string of the molecule is C=C(C)C(F)(C=CC)CCOc1ccc(N2CCC3(CCC(O)CC3)C2=O)cc1. The number of aliphatic hydroxyl groups is 1. The van der Waals surface area contributed by atoms with E-state index in [1.807, 2.05) is 29.2 Å². The third kappa shape index (κ3) is 4.55. The van der Waals surface area contributed by atoms with E-state index in [4.69, 9.17) is 4.74 Å². The molecule has 1 unspecified atom stereocenters. The molecular formula is C24H32FNO3. The molecule has 1 N–H and O–H groups in total. The van der Waals surface area contributed by atoms with Crippen LogP contribution in [0.25, 0.3) is 0 Å². The Kier molecular flexibility index (Phi) is 6.47. The molecule has 158 valence electrons. The maximum Gasteiger partial charge on any atom is 0.233 e. The standard InChI is InChI=1S/C24H32FNO3/c1-4-11-24(25,18(2)3)15-17-29-21-7-5-19(6-8-21)26-16-14-23(22(26)28)12-9-20(27)10-13-23/h4-8,11,20,27H,2,9-10,12-17H2,1,3H3. The smallest absolute Gasteiger partial charge is 0.233 e. The molecule has 1 aliphatic carbocycles. The van der Waals surface area contributed by atoms with Gasteiger partial charge in [-0.15, -0.1) is 0 Å². The molecule has 0 bridgehead atoms. The molecular weight excluding hydrogens is 369 g/mol. The summed E-state index contributed by atoms with van der Waals surface area (Å²) in [6.45, 7) is 8.16. The lowest BCUT2D eigenvalue weighted by molar-refractivity contribution is -0.128. The monoisotopic (exact) mass is 401 g/mol. The molecule has 29 heavy (non-hydrogen) atoms. The van der Waals surface area contributed by atoms with Crippen molar-refractivity contribution in [3.05, 3.63) is 48.6 Å². The summed E-state index contributed by atoms with van der Waals surface area (Å²) in [6.07, 6.45) is 6.94. The van der Waals surface area contributed by atoms with E-state index in [1.54, 1.807) is 19.9 Å². The molecule has 1 heterocycles. The first-order valence-corrected chi connectivity index (χ1v) is 10.5. The fourth-order valence-corrected chi connectivity index (χ4v) is 4.43. The Balaban J connectivity index is 1.58. The van der Waals surface area contributed by atoms with Gasteiger partial charge in [0.15, 0.2) is 5.67 Å². The minimum absolute atomic E-state index is 0.174. The van der Waals surface area contributed by atoms with Crippen molar-refractivity contribution in [1.82, 2.24) is 0 Å². The molecule has 3 rings (SSSR count).